The normalized spacial score (nSPS) is 13.0. The van der Waals surface area contributed by atoms with Crippen molar-refractivity contribution in [3.05, 3.63) is 60.1 Å². The van der Waals surface area contributed by atoms with Crippen molar-refractivity contribution in [1.29, 1.82) is 0 Å². The SMILES string of the molecule is CC(NC(=O)CN(Cc1ccco1)S(C)(=O)=O)c1ccccc1. The van der Waals surface area contributed by atoms with Crippen LogP contribution in [0.3, 0.4) is 0 Å². The first kappa shape index (κ1) is 17.2. The van der Waals surface area contributed by atoms with Crippen LogP contribution in [0.4, 0.5) is 0 Å². The molecule has 124 valence electrons. The Labute approximate surface area is 136 Å². The maximum absolute atomic E-state index is 12.2. The van der Waals surface area contributed by atoms with Crippen molar-refractivity contribution < 1.29 is 17.6 Å². The van der Waals surface area contributed by atoms with Crippen LogP contribution in [0, 0.1) is 0 Å². The summed E-state index contributed by atoms with van der Waals surface area (Å²) in [4.78, 5) is 12.2. The van der Waals surface area contributed by atoms with E-state index in [0.29, 0.717) is 5.76 Å². The molecule has 1 unspecified atom stereocenters. The van der Waals surface area contributed by atoms with Gasteiger partial charge in [-0.05, 0) is 24.6 Å². The van der Waals surface area contributed by atoms with Gasteiger partial charge in [-0.15, -0.1) is 0 Å². The number of hydrogen-bond acceptors (Lipinski definition) is 4. The molecule has 23 heavy (non-hydrogen) atoms. The molecule has 0 saturated carbocycles. The fraction of sp³-hybridized carbons (Fsp3) is 0.312. The van der Waals surface area contributed by atoms with Gasteiger partial charge in [-0.25, -0.2) is 8.42 Å². The fourth-order valence-corrected chi connectivity index (χ4v) is 2.85. The highest BCUT2D eigenvalue weighted by molar-refractivity contribution is 7.88. The molecule has 0 aliphatic rings. The van der Waals surface area contributed by atoms with Gasteiger partial charge < -0.3 is 9.73 Å². The highest BCUT2D eigenvalue weighted by Crippen LogP contribution is 2.12. The van der Waals surface area contributed by atoms with Crippen LogP contribution >= 0.6 is 0 Å². The minimum absolute atomic E-state index is 0.0268. The first-order chi connectivity index (χ1) is 10.9. The van der Waals surface area contributed by atoms with Crippen LogP contribution in [0.1, 0.15) is 24.3 Å². The highest BCUT2D eigenvalue weighted by atomic mass is 32.2. The number of hydrogen-bond donors (Lipinski definition) is 1. The molecule has 0 spiro atoms. The Kier molecular flexibility index (Phi) is 5.57. The lowest BCUT2D eigenvalue weighted by molar-refractivity contribution is -0.122. The summed E-state index contributed by atoms with van der Waals surface area (Å²) < 4.78 is 29.9. The number of rotatable bonds is 7. The molecular formula is C16H20N2O4S. The smallest absolute Gasteiger partial charge is 0.235 e. The molecule has 1 atom stereocenters. The summed E-state index contributed by atoms with van der Waals surface area (Å²) in [6.07, 6.45) is 2.54. The van der Waals surface area contributed by atoms with Gasteiger partial charge in [-0.2, -0.15) is 4.31 Å². The molecule has 2 aromatic rings. The second kappa shape index (κ2) is 7.43. The zero-order chi connectivity index (χ0) is 16.9. The van der Waals surface area contributed by atoms with Crippen LogP contribution in [-0.2, 0) is 21.4 Å². The van der Waals surface area contributed by atoms with E-state index >= 15 is 0 Å². The number of benzene rings is 1. The van der Waals surface area contributed by atoms with Crippen LogP contribution < -0.4 is 5.32 Å². The Hall–Kier alpha value is -2.12. The first-order valence-electron chi connectivity index (χ1n) is 7.18. The number of sulfonamides is 1. The lowest BCUT2D eigenvalue weighted by atomic mass is 10.1. The molecule has 2 rings (SSSR count). The second-order valence-corrected chi connectivity index (χ2v) is 7.29. The van der Waals surface area contributed by atoms with Gasteiger partial charge in [0.25, 0.3) is 0 Å². The third-order valence-corrected chi connectivity index (χ3v) is 4.57. The standard InChI is InChI=1S/C16H20N2O4S/c1-13(14-7-4-3-5-8-14)17-16(19)12-18(23(2,20)21)11-15-9-6-10-22-15/h3-10,13H,11-12H2,1-2H3,(H,17,19). The summed E-state index contributed by atoms with van der Waals surface area (Å²) in [6.45, 7) is 1.63. The van der Waals surface area contributed by atoms with Crippen molar-refractivity contribution in [2.75, 3.05) is 12.8 Å². The Morgan fingerprint density at radius 1 is 1.22 bits per heavy atom. The van der Waals surface area contributed by atoms with Crippen molar-refractivity contribution in [2.24, 2.45) is 0 Å². The summed E-state index contributed by atoms with van der Waals surface area (Å²) in [5.74, 6) is 0.123. The Morgan fingerprint density at radius 3 is 2.48 bits per heavy atom. The maximum atomic E-state index is 12.2. The van der Waals surface area contributed by atoms with Crippen molar-refractivity contribution in [1.82, 2.24) is 9.62 Å². The second-order valence-electron chi connectivity index (χ2n) is 5.31. The van der Waals surface area contributed by atoms with E-state index in [-0.39, 0.29) is 25.0 Å². The van der Waals surface area contributed by atoms with Gasteiger partial charge in [0.05, 0.1) is 31.7 Å². The van der Waals surface area contributed by atoms with E-state index in [9.17, 15) is 13.2 Å². The molecule has 0 aliphatic carbocycles. The average molecular weight is 336 g/mol. The Bertz CT molecular complexity index is 727. The molecule has 7 heteroatoms. The molecule has 0 saturated heterocycles. The van der Waals surface area contributed by atoms with Gasteiger partial charge >= 0.3 is 0 Å². The molecule has 0 radical (unpaired) electrons. The molecule has 1 N–H and O–H groups in total. The number of carbonyl (C=O) groups is 1. The minimum atomic E-state index is -3.52. The highest BCUT2D eigenvalue weighted by Gasteiger charge is 2.22. The van der Waals surface area contributed by atoms with Gasteiger partial charge in [0.2, 0.25) is 15.9 Å². The predicted octanol–water partition coefficient (Wildman–Crippen LogP) is 1.92. The molecule has 1 amide bonds. The van der Waals surface area contributed by atoms with E-state index in [1.165, 1.54) is 6.26 Å². The van der Waals surface area contributed by atoms with E-state index in [2.05, 4.69) is 5.32 Å². The molecular weight excluding hydrogens is 316 g/mol. The average Bonchev–Trinajstić information content (AvgIpc) is 2.99. The van der Waals surface area contributed by atoms with Crippen molar-refractivity contribution >= 4 is 15.9 Å². The number of furan rings is 1. The largest absolute Gasteiger partial charge is 0.468 e. The van der Waals surface area contributed by atoms with Crippen LogP contribution in [0.25, 0.3) is 0 Å². The van der Waals surface area contributed by atoms with E-state index in [1.807, 2.05) is 37.3 Å². The summed E-state index contributed by atoms with van der Waals surface area (Å²) in [7, 11) is -3.52. The van der Waals surface area contributed by atoms with Crippen LogP contribution in [-0.4, -0.2) is 31.4 Å². The fourth-order valence-electron chi connectivity index (χ4n) is 2.14. The molecule has 6 nitrogen and oxygen atoms in total. The van der Waals surface area contributed by atoms with Gasteiger partial charge in [0.1, 0.15) is 5.76 Å². The third kappa shape index (κ3) is 5.22. The van der Waals surface area contributed by atoms with E-state index in [0.717, 1.165) is 16.1 Å². The molecule has 1 aromatic heterocycles. The maximum Gasteiger partial charge on any atom is 0.235 e. The Morgan fingerprint density at radius 2 is 1.91 bits per heavy atom. The van der Waals surface area contributed by atoms with Crippen molar-refractivity contribution in [3.63, 3.8) is 0 Å². The van der Waals surface area contributed by atoms with E-state index < -0.39 is 10.0 Å². The molecule has 0 fully saturated rings. The monoisotopic (exact) mass is 336 g/mol. The third-order valence-electron chi connectivity index (χ3n) is 3.38. The number of amides is 1. The Balaban J connectivity index is 2.00. The van der Waals surface area contributed by atoms with E-state index in [1.54, 1.807) is 12.1 Å². The van der Waals surface area contributed by atoms with Crippen LogP contribution in [0.5, 0.6) is 0 Å². The molecule has 0 aliphatic heterocycles. The van der Waals surface area contributed by atoms with E-state index in [4.69, 9.17) is 4.42 Å². The van der Waals surface area contributed by atoms with Gasteiger partial charge in [-0.3, -0.25) is 4.79 Å². The summed E-state index contributed by atoms with van der Waals surface area (Å²) in [6, 6.07) is 12.6. The van der Waals surface area contributed by atoms with Crippen molar-refractivity contribution in [2.45, 2.75) is 19.5 Å². The van der Waals surface area contributed by atoms with Gasteiger partial charge in [0, 0.05) is 0 Å². The lowest BCUT2D eigenvalue weighted by Gasteiger charge is -2.20. The molecule has 0 bridgehead atoms. The summed E-state index contributed by atoms with van der Waals surface area (Å²) in [5.41, 5.74) is 0.956. The topological polar surface area (TPSA) is 79.6 Å². The zero-order valence-corrected chi connectivity index (χ0v) is 13.9. The van der Waals surface area contributed by atoms with Crippen LogP contribution in [0.2, 0.25) is 0 Å². The first-order valence-corrected chi connectivity index (χ1v) is 9.03. The van der Waals surface area contributed by atoms with Crippen molar-refractivity contribution in [3.8, 4) is 0 Å². The number of carbonyl (C=O) groups excluding carboxylic acids is 1. The summed E-state index contributed by atoms with van der Waals surface area (Å²) >= 11 is 0. The number of nitrogens with zero attached hydrogens (tertiary/aromatic N) is 1. The lowest BCUT2D eigenvalue weighted by Crippen LogP contribution is -2.40. The van der Waals surface area contributed by atoms with Gasteiger partial charge in [-0.1, -0.05) is 30.3 Å². The van der Waals surface area contributed by atoms with Crippen LogP contribution in [0.15, 0.2) is 53.1 Å². The summed E-state index contributed by atoms with van der Waals surface area (Å²) in [5, 5.41) is 2.80. The van der Waals surface area contributed by atoms with Gasteiger partial charge in [0.15, 0.2) is 0 Å². The predicted molar refractivity (Wildman–Crippen MR) is 87.0 cm³/mol. The quantitative estimate of drug-likeness (QED) is 0.838. The number of nitrogens with one attached hydrogen (secondary N) is 1. The zero-order valence-electron chi connectivity index (χ0n) is 13.1. The minimum Gasteiger partial charge on any atom is -0.468 e. The molecule has 1 heterocycles. The molecule has 1 aromatic carbocycles.